The molecule has 0 N–H and O–H groups in total. The van der Waals surface area contributed by atoms with Gasteiger partial charge in [0.05, 0.1) is 38.3 Å². The molecule has 3 aliphatic heterocycles. The van der Waals surface area contributed by atoms with Crippen molar-refractivity contribution in [3.05, 3.63) is 81.9 Å². The van der Waals surface area contributed by atoms with Crippen LogP contribution in [0.25, 0.3) is 11.0 Å². The minimum atomic E-state index is -4.04. The van der Waals surface area contributed by atoms with Gasteiger partial charge in [-0.3, -0.25) is 4.79 Å². The molecule has 0 saturated heterocycles. The topological polar surface area (TPSA) is 122 Å². The zero-order valence-electron chi connectivity index (χ0n) is 24.4. The molecule has 0 radical (unpaired) electrons. The van der Waals surface area contributed by atoms with Crippen molar-refractivity contribution >= 4 is 27.3 Å². The first kappa shape index (κ1) is 29.1. The van der Waals surface area contributed by atoms with E-state index in [0.29, 0.717) is 37.7 Å². The fourth-order valence-electron chi connectivity index (χ4n) is 5.68. The quantitative estimate of drug-likeness (QED) is 0.316. The smallest absolute Gasteiger partial charge is 0.385 e. The van der Waals surface area contributed by atoms with E-state index in [9.17, 15) is 13.2 Å². The summed E-state index contributed by atoms with van der Waals surface area (Å²) in [5.74, 6) is 0.225. The monoisotopic (exact) mass is 606 g/mol. The van der Waals surface area contributed by atoms with Gasteiger partial charge in [0.1, 0.15) is 23.6 Å². The summed E-state index contributed by atoms with van der Waals surface area (Å²) in [4.78, 5) is 12.8. The molecule has 9 bridgehead atoms. The van der Waals surface area contributed by atoms with Gasteiger partial charge in [-0.25, -0.2) is 4.68 Å². The highest BCUT2D eigenvalue weighted by Gasteiger charge is 2.33. The lowest BCUT2D eigenvalue weighted by Gasteiger charge is -2.29. The molecule has 0 fully saturated rings. The van der Waals surface area contributed by atoms with Crippen LogP contribution in [-0.4, -0.2) is 60.1 Å². The fraction of sp³-hybridized carbons (Fsp3) is 0.387. The number of nitrogens with zero attached hydrogens (tertiary/aromatic N) is 4. The Bertz CT molecular complexity index is 1790. The first-order valence-electron chi connectivity index (χ1n) is 14.3. The van der Waals surface area contributed by atoms with Crippen molar-refractivity contribution in [3.8, 4) is 11.5 Å². The molecule has 2 unspecified atom stereocenters. The van der Waals surface area contributed by atoms with Gasteiger partial charge >= 0.3 is 16.3 Å². The van der Waals surface area contributed by atoms with Crippen LogP contribution in [0, 0.1) is 13.8 Å². The van der Waals surface area contributed by atoms with E-state index >= 15 is 0 Å². The molecule has 11 nitrogen and oxygen atoms in total. The number of carbonyl (C=O) groups is 1. The van der Waals surface area contributed by atoms with Crippen LogP contribution in [0.15, 0.2) is 48.5 Å². The van der Waals surface area contributed by atoms with Crippen molar-refractivity contribution in [1.29, 1.82) is 0 Å². The van der Waals surface area contributed by atoms with Crippen molar-refractivity contribution < 1.29 is 31.6 Å². The number of aryl methyl sites for hydroxylation is 2. The van der Waals surface area contributed by atoms with Gasteiger partial charge in [-0.15, -0.1) is 5.10 Å². The summed E-state index contributed by atoms with van der Waals surface area (Å²) in [6, 6.07) is 15.0. The molecule has 3 aromatic carbocycles. The van der Waals surface area contributed by atoms with Crippen LogP contribution < -0.4 is 8.92 Å². The summed E-state index contributed by atoms with van der Waals surface area (Å²) in [6.07, 6.45) is 0.117. The number of hydrogen-bond donors (Lipinski definition) is 0. The van der Waals surface area contributed by atoms with Crippen LogP contribution >= 0.6 is 0 Å². The number of benzene rings is 3. The molecular formula is C31H34N4O7S. The first-order chi connectivity index (χ1) is 20.7. The molecule has 226 valence electrons. The largest absolute Gasteiger partial charge is 0.491 e. The standard InChI is InChI=1S/C31H34N4O7S/c1-4-40-30(36)17-27-22-6-5-20(2)23(15-22)18-34-19-24-16-25(7-10-29(24)42-43(34,37)38)41-14-13-39-12-11-35-28-9-8-26(27)21(3)31(28)32-33-35/h5-10,15-16,27H,4,11-14,17-19H2,1-3H3. The SMILES string of the molecule is CCOC(=O)CC1c2ccc(C)c(c2)CN2Cc3cc(ccc3OS2(=O)=O)OCCOCCn2nnc3c(C)c1ccc32. The summed E-state index contributed by atoms with van der Waals surface area (Å²) < 4.78 is 52.0. The maximum absolute atomic E-state index is 13.2. The Morgan fingerprint density at radius 3 is 2.70 bits per heavy atom. The van der Waals surface area contributed by atoms with Crippen molar-refractivity contribution in [2.24, 2.45) is 0 Å². The van der Waals surface area contributed by atoms with Crippen LogP contribution in [0.1, 0.15) is 52.6 Å². The van der Waals surface area contributed by atoms with Crippen LogP contribution in [-0.2, 0) is 44.2 Å². The van der Waals surface area contributed by atoms with E-state index in [4.69, 9.17) is 18.4 Å². The average molecular weight is 607 g/mol. The molecule has 1 aromatic heterocycles. The maximum Gasteiger partial charge on any atom is 0.385 e. The van der Waals surface area contributed by atoms with Gasteiger partial charge in [-0.05, 0) is 72.9 Å². The lowest BCUT2D eigenvalue weighted by atomic mass is 9.84. The summed E-state index contributed by atoms with van der Waals surface area (Å²) in [5, 5.41) is 8.83. The highest BCUT2D eigenvalue weighted by molar-refractivity contribution is 7.84. The van der Waals surface area contributed by atoms with Crippen LogP contribution in [0.5, 0.6) is 11.5 Å². The number of hydrogen-bond acceptors (Lipinski definition) is 9. The molecule has 0 amide bonds. The number of fused-ring (bicyclic) bond motifs is 6. The van der Waals surface area contributed by atoms with Crippen molar-refractivity contribution in [3.63, 3.8) is 0 Å². The average Bonchev–Trinajstić information content (AvgIpc) is 3.39. The Morgan fingerprint density at radius 2 is 1.86 bits per heavy atom. The second-order valence-electron chi connectivity index (χ2n) is 10.7. The molecule has 2 atom stereocenters. The summed E-state index contributed by atoms with van der Waals surface area (Å²) >= 11 is 0. The normalized spacial score (nSPS) is 19.9. The van der Waals surface area contributed by atoms with Gasteiger partial charge in [0.2, 0.25) is 0 Å². The minimum Gasteiger partial charge on any atom is -0.491 e. The second kappa shape index (κ2) is 11.9. The number of aromatic nitrogens is 3. The number of rotatable bonds is 3. The Labute approximate surface area is 250 Å². The van der Waals surface area contributed by atoms with Gasteiger partial charge < -0.3 is 18.4 Å². The minimum absolute atomic E-state index is 0.0961. The summed E-state index contributed by atoms with van der Waals surface area (Å²) in [7, 11) is -4.04. The molecule has 7 rings (SSSR count). The van der Waals surface area contributed by atoms with Gasteiger partial charge in [-0.1, -0.05) is 29.5 Å². The first-order valence-corrected chi connectivity index (χ1v) is 15.7. The lowest BCUT2D eigenvalue weighted by molar-refractivity contribution is -0.143. The molecule has 12 heteroatoms. The van der Waals surface area contributed by atoms with Crippen molar-refractivity contribution in [2.45, 2.75) is 52.7 Å². The fourth-order valence-corrected chi connectivity index (χ4v) is 6.77. The van der Waals surface area contributed by atoms with Crippen LogP contribution in [0.4, 0.5) is 0 Å². The Hall–Kier alpha value is -4.00. The number of ether oxygens (including phenoxy) is 3. The third kappa shape index (κ3) is 5.95. The van der Waals surface area contributed by atoms with Crippen LogP contribution in [0.3, 0.4) is 0 Å². The lowest BCUT2D eigenvalue weighted by Crippen LogP contribution is -2.37. The van der Waals surface area contributed by atoms with E-state index in [1.165, 1.54) is 4.31 Å². The molecule has 0 saturated carbocycles. The molecule has 4 heterocycles. The van der Waals surface area contributed by atoms with E-state index in [-0.39, 0.29) is 43.8 Å². The number of esters is 1. The molecule has 4 aromatic rings. The summed E-state index contributed by atoms with van der Waals surface area (Å²) in [5.41, 5.74) is 6.77. The van der Waals surface area contributed by atoms with Gasteiger partial charge in [0.15, 0.2) is 0 Å². The van der Waals surface area contributed by atoms with Crippen molar-refractivity contribution in [2.75, 3.05) is 26.4 Å². The third-order valence-corrected chi connectivity index (χ3v) is 9.27. The highest BCUT2D eigenvalue weighted by atomic mass is 32.2. The second-order valence-corrected chi connectivity index (χ2v) is 12.3. The Balaban J connectivity index is 1.45. The van der Waals surface area contributed by atoms with Gasteiger partial charge in [0.25, 0.3) is 0 Å². The molecular weight excluding hydrogens is 572 g/mol. The molecule has 3 aliphatic rings. The predicted octanol–water partition coefficient (Wildman–Crippen LogP) is 4.18. The van der Waals surface area contributed by atoms with E-state index in [0.717, 1.165) is 38.9 Å². The zero-order chi connectivity index (χ0) is 30.1. The number of carbonyl (C=O) groups excluding carboxylic acids is 1. The van der Waals surface area contributed by atoms with E-state index in [2.05, 4.69) is 10.3 Å². The molecule has 0 aliphatic carbocycles. The molecule has 43 heavy (non-hydrogen) atoms. The van der Waals surface area contributed by atoms with Crippen LogP contribution in [0.2, 0.25) is 0 Å². The highest BCUT2D eigenvalue weighted by Crippen LogP contribution is 2.36. The van der Waals surface area contributed by atoms with E-state index < -0.39 is 10.3 Å². The van der Waals surface area contributed by atoms with Crippen molar-refractivity contribution in [1.82, 2.24) is 19.3 Å². The maximum atomic E-state index is 13.2. The predicted molar refractivity (Wildman–Crippen MR) is 158 cm³/mol. The molecule has 0 spiro atoms. The van der Waals surface area contributed by atoms with E-state index in [1.807, 2.05) is 48.9 Å². The Morgan fingerprint density at radius 1 is 1.02 bits per heavy atom. The Kier molecular flexibility index (Phi) is 8.08. The van der Waals surface area contributed by atoms with Gasteiger partial charge in [0, 0.05) is 24.6 Å². The summed E-state index contributed by atoms with van der Waals surface area (Å²) in [6.45, 7) is 7.85. The van der Waals surface area contributed by atoms with E-state index in [1.54, 1.807) is 25.1 Å². The third-order valence-electron chi connectivity index (χ3n) is 7.99. The van der Waals surface area contributed by atoms with Gasteiger partial charge in [-0.2, -0.15) is 12.7 Å². The zero-order valence-corrected chi connectivity index (χ0v) is 25.2.